The fourth-order valence-corrected chi connectivity index (χ4v) is 2.92. The molecule has 3 rings (SSSR count). The summed E-state index contributed by atoms with van der Waals surface area (Å²) in [7, 11) is 0. The molecular weight excluding hydrogens is 316 g/mol. The van der Waals surface area contributed by atoms with Crippen LogP contribution in [0.15, 0.2) is 42.6 Å². The Labute approximate surface area is 148 Å². The van der Waals surface area contributed by atoms with Crippen LogP contribution in [0.4, 0.5) is 4.79 Å². The summed E-state index contributed by atoms with van der Waals surface area (Å²) in [6.45, 7) is 3.81. The molecule has 0 spiro atoms. The Morgan fingerprint density at radius 2 is 2.16 bits per heavy atom. The lowest BCUT2D eigenvalue weighted by Crippen LogP contribution is -2.39. The Hall–Kier alpha value is -2.63. The van der Waals surface area contributed by atoms with E-state index in [4.69, 9.17) is 4.74 Å². The average Bonchev–Trinajstić information content (AvgIpc) is 3.08. The number of aromatic nitrogens is 2. The maximum absolute atomic E-state index is 12.2. The zero-order valence-electron chi connectivity index (χ0n) is 14.5. The number of aryl methyl sites for hydroxylation is 2. The molecule has 0 bridgehead atoms. The Morgan fingerprint density at radius 1 is 1.32 bits per heavy atom. The van der Waals surface area contributed by atoms with Crippen molar-refractivity contribution in [2.24, 2.45) is 0 Å². The number of carbonyl (C=O) groups is 1. The molecule has 2 heterocycles. The SMILES string of the molecule is Cc1nccc(O[C@H]2CCN(C(=O)NCCCc3ccccc3)C2)n1. The second-order valence-electron chi connectivity index (χ2n) is 6.24. The van der Waals surface area contributed by atoms with E-state index < -0.39 is 0 Å². The maximum atomic E-state index is 12.2. The van der Waals surface area contributed by atoms with Crippen molar-refractivity contribution in [1.82, 2.24) is 20.2 Å². The van der Waals surface area contributed by atoms with E-state index in [1.807, 2.05) is 25.1 Å². The fourth-order valence-electron chi connectivity index (χ4n) is 2.92. The van der Waals surface area contributed by atoms with Crippen molar-refractivity contribution in [2.75, 3.05) is 19.6 Å². The lowest BCUT2D eigenvalue weighted by atomic mass is 10.1. The summed E-state index contributed by atoms with van der Waals surface area (Å²) in [5.74, 6) is 1.26. The molecule has 1 fully saturated rings. The van der Waals surface area contributed by atoms with Gasteiger partial charge in [0.2, 0.25) is 5.88 Å². The quantitative estimate of drug-likeness (QED) is 0.821. The number of urea groups is 1. The summed E-state index contributed by atoms with van der Waals surface area (Å²) in [5, 5.41) is 2.99. The zero-order valence-corrected chi connectivity index (χ0v) is 14.5. The highest BCUT2D eigenvalue weighted by molar-refractivity contribution is 5.74. The Kier molecular flexibility index (Phi) is 5.82. The average molecular weight is 340 g/mol. The summed E-state index contributed by atoms with van der Waals surface area (Å²) in [6, 6.07) is 12.0. The van der Waals surface area contributed by atoms with Crippen LogP contribution in [-0.4, -0.2) is 46.6 Å². The molecular formula is C19H24N4O2. The molecule has 0 aliphatic carbocycles. The number of amides is 2. The van der Waals surface area contributed by atoms with Gasteiger partial charge in [0.25, 0.3) is 0 Å². The number of nitrogens with zero attached hydrogens (tertiary/aromatic N) is 3. The second kappa shape index (κ2) is 8.46. The third-order valence-electron chi connectivity index (χ3n) is 4.23. The first-order valence-electron chi connectivity index (χ1n) is 8.74. The van der Waals surface area contributed by atoms with E-state index in [0.717, 1.165) is 19.3 Å². The van der Waals surface area contributed by atoms with Crippen molar-refractivity contribution < 1.29 is 9.53 Å². The van der Waals surface area contributed by atoms with E-state index in [0.29, 0.717) is 31.3 Å². The van der Waals surface area contributed by atoms with Crippen LogP contribution in [-0.2, 0) is 6.42 Å². The van der Waals surface area contributed by atoms with Crippen LogP contribution in [0.5, 0.6) is 5.88 Å². The monoisotopic (exact) mass is 340 g/mol. The first kappa shape index (κ1) is 17.2. The van der Waals surface area contributed by atoms with Crippen LogP contribution in [0.1, 0.15) is 24.2 Å². The van der Waals surface area contributed by atoms with Crippen molar-refractivity contribution >= 4 is 6.03 Å². The van der Waals surface area contributed by atoms with Crippen LogP contribution in [0.25, 0.3) is 0 Å². The largest absolute Gasteiger partial charge is 0.472 e. The number of benzene rings is 1. The van der Waals surface area contributed by atoms with Gasteiger partial charge in [0.15, 0.2) is 0 Å². The van der Waals surface area contributed by atoms with Gasteiger partial charge in [-0.05, 0) is 25.3 Å². The van der Waals surface area contributed by atoms with Crippen LogP contribution in [0.3, 0.4) is 0 Å². The molecule has 1 aliphatic rings. The van der Waals surface area contributed by atoms with Crippen LogP contribution in [0.2, 0.25) is 0 Å². The molecule has 0 saturated carbocycles. The predicted molar refractivity (Wildman–Crippen MR) is 95.5 cm³/mol. The van der Waals surface area contributed by atoms with Gasteiger partial charge in [-0.25, -0.2) is 9.78 Å². The number of rotatable bonds is 6. The highest BCUT2D eigenvalue weighted by atomic mass is 16.5. The minimum atomic E-state index is -0.0157. The molecule has 1 aromatic carbocycles. The van der Waals surface area contributed by atoms with Gasteiger partial charge in [0.1, 0.15) is 11.9 Å². The molecule has 1 saturated heterocycles. The minimum absolute atomic E-state index is 0.00984. The number of likely N-dealkylation sites (tertiary alicyclic amines) is 1. The lowest BCUT2D eigenvalue weighted by Gasteiger charge is -2.17. The van der Waals surface area contributed by atoms with Gasteiger partial charge in [-0.3, -0.25) is 0 Å². The van der Waals surface area contributed by atoms with Gasteiger partial charge in [-0.1, -0.05) is 30.3 Å². The number of nitrogens with one attached hydrogen (secondary N) is 1. The lowest BCUT2D eigenvalue weighted by molar-refractivity contribution is 0.183. The molecule has 1 N–H and O–H groups in total. The Balaban J connectivity index is 1.37. The highest BCUT2D eigenvalue weighted by Crippen LogP contribution is 2.16. The molecule has 0 unspecified atom stereocenters. The van der Waals surface area contributed by atoms with Crippen molar-refractivity contribution in [3.63, 3.8) is 0 Å². The van der Waals surface area contributed by atoms with Crippen LogP contribution >= 0.6 is 0 Å². The molecule has 6 nitrogen and oxygen atoms in total. The fraction of sp³-hybridized carbons (Fsp3) is 0.421. The minimum Gasteiger partial charge on any atom is -0.472 e. The zero-order chi connectivity index (χ0) is 17.5. The van der Waals surface area contributed by atoms with E-state index >= 15 is 0 Å². The second-order valence-corrected chi connectivity index (χ2v) is 6.24. The molecule has 132 valence electrons. The van der Waals surface area contributed by atoms with Crippen LogP contribution in [0, 0.1) is 6.92 Å². The van der Waals surface area contributed by atoms with Gasteiger partial charge >= 0.3 is 6.03 Å². The summed E-state index contributed by atoms with van der Waals surface area (Å²) in [5.41, 5.74) is 1.30. The number of ether oxygens (including phenoxy) is 1. The van der Waals surface area contributed by atoms with E-state index in [1.165, 1.54) is 5.56 Å². The third-order valence-corrected chi connectivity index (χ3v) is 4.23. The summed E-state index contributed by atoms with van der Waals surface area (Å²) in [6.07, 6.45) is 4.40. The molecule has 2 aromatic rings. The number of hydrogen-bond donors (Lipinski definition) is 1. The molecule has 2 amide bonds. The van der Waals surface area contributed by atoms with Gasteiger partial charge in [-0.15, -0.1) is 0 Å². The summed E-state index contributed by atoms with van der Waals surface area (Å²) < 4.78 is 5.85. The van der Waals surface area contributed by atoms with E-state index in [1.54, 1.807) is 17.2 Å². The third kappa shape index (κ3) is 5.17. The van der Waals surface area contributed by atoms with Crippen molar-refractivity contribution in [1.29, 1.82) is 0 Å². The van der Waals surface area contributed by atoms with Crippen molar-refractivity contribution in [3.05, 3.63) is 54.0 Å². The number of hydrogen-bond acceptors (Lipinski definition) is 4. The van der Waals surface area contributed by atoms with Gasteiger partial charge in [-0.2, -0.15) is 4.98 Å². The topological polar surface area (TPSA) is 67.3 Å². The van der Waals surface area contributed by atoms with Crippen molar-refractivity contribution in [2.45, 2.75) is 32.3 Å². The van der Waals surface area contributed by atoms with Gasteiger partial charge < -0.3 is 15.0 Å². The standard InChI is InChI=1S/C19H24N4O2/c1-15-20-12-9-18(22-15)25-17-10-13-23(14-17)19(24)21-11-5-8-16-6-3-2-4-7-16/h2-4,6-7,9,12,17H,5,8,10-11,13-14H2,1H3,(H,21,24)/t17-/m0/s1. The first-order valence-corrected chi connectivity index (χ1v) is 8.74. The molecule has 25 heavy (non-hydrogen) atoms. The summed E-state index contributed by atoms with van der Waals surface area (Å²) >= 11 is 0. The van der Waals surface area contributed by atoms with Crippen LogP contribution < -0.4 is 10.1 Å². The van der Waals surface area contributed by atoms with Gasteiger partial charge in [0, 0.05) is 31.8 Å². The normalized spacial score (nSPS) is 16.7. The Bertz CT molecular complexity index is 693. The van der Waals surface area contributed by atoms with E-state index in [9.17, 15) is 4.79 Å². The predicted octanol–water partition coefficient (Wildman–Crippen LogP) is 2.58. The molecule has 1 aliphatic heterocycles. The number of carbonyl (C=O) groups excluding carboxylic acids is 1. The maximum Gasteiger partial charge on any atom is 0.317 e. The van der Waals surface area contributed by atoms with Crippen molar-refractivity contribution in [3.8, 4) is 5.88 Å². The smallest absolute Gasteiger partial charge is 0.317 e. The van der Waals surface area contributed by atoms with E-state index in [2.05, 4.69) is 27.4 Å². The highest BCUT2D eigenvalue weighted by Gasteiger charge is 2.27. The Morgan fingerprint density at radius 3 is 2.96 bits per heavy atom. The molecule has 6 heteroatoms. The van der Waals surface area contributed by atoms with Gasteiger partial charge in [0.05, 0.1) is 6.54 Å². The van der Waals surface area contributed by atoms with E-state index in [-0.39, 0.29) is 12.1 Å². The summed E-state index contributed by atoms with van der Waals surface area (Å²) in [4.78, 5) is 22.3. The molecule has 1 atom stereocenters. The molecule has 0 radical (unpaired) electrons. The first-order chi connectivity index (χ1) is 12.2. The molecule has 1 aromatic heterocycles.